The summed E-state index contributed by atoms with van der Waals surface area (Å²) < 4.78 is 27.8. The van der Waals surface area contributed by atoms with Crippen molar-refractivity contribution in [3.63, 3.8) is 0 Å². The van der Waals surface area contributed by atoms with Crippen LogP contribution in [0.1, 0.15) is 58.2 Å². The summed E-state index contributed by atoms with van der Waals surface area (Å²) in [5, 5.41) is 3.95. The maximum Gasteiger partial charge on any atom is 0.312 e. The van der Waals surface area contributed by atoms with Gasteiger partial charge in [0.05, 0.1) is 31.0 Å². The molecule has 0 saturated heterocycles. The molecule has 1 aromatic carbocycles. The molecule has 38 heavy (non-hydrogen) atoms. The third kappa shape index (κ3) is 7.53. The van der Waals surface area contributed by atoms with E-state index >= 15 is 0 Å². The minimum atomic E-state index is -3.26. The molecule has 0 radical (unpaired) electrons. The van der Waals surface area contributed by atoms with Crippen molar-refractivity contribution in [2.75, 3.05) is 24.9 Å². The first-order chi connectivity index (χ1) is 17.8. The number of anilines is 1. The van der Waals surface area contributed by atoms with Gasteiger partial charge in [-0.1, -0.05) is 24.6 Å². The highest BCUT2D eigenvalue weighted by atomic mass is 35.5. The first-order valence-corrected chi connectivity index (χ1v) is 15.1. The number of nitrogens with two attached hydrogens (primary N) is 1. The smallest absolute Gasteiger partial charge is 0.312 e. The quantitative estimate of drug-likeness (QED) is 0.208. The van der Waals surface area contributed by atoms with Crippen LogP contribution >= 0.6 is 18.9 Å². The van der Waals surface area contributed by atoms with Crippen molar-refractivity contribution in [1.82, 2.24) is 24.6 Å². The Hall–Kier alpha value is -2.52. The number of rotatable bonds is 13. The number of benzene rings is 1. The monoisotopic (exact) mass is 564 g/mol. The second-order valence-electron chi connectivity index (χ2n) is 10.4. The van der Waals surface area contributed by atoms with Crippen LogP contribution in [0.4, 0.5) is 5.82 Å². The fraction of sp³-hybridized carbons (Fsp3) is 0.538. The number of hydrogen-bond acceptors (Lipinski definition) is 8. The van der Waals surface area contributed by atoms with Gasteiger partial charge in [-0.25, -0.2) is 15.0 Å². The van der Waals surface area contributed by atoms with Crippen molar-refractivity contribution >= 4 is 41.8 Å². The van der Waals surface area contributed by atoms with Gasteiger partial charge in [-0.3, -0.25) is 9.88 Å². The number of carbonyl (C=O) groups excluding carboxylic acids is 1. The molecule has 0 aliphatic carbocycles. The molecule has 208 valence electrons. The van der Waals surface area contributed by atoms with Gasteiger partial charge in [0.1, 0.15) is 18.2 Å². The van der Waals surface area contributed by atoms with Crippen LogP contribution < -0.4 is 10.8 Å². The summed E-state index contributed by atoms with van der Waals surface area (Å²) in [5.74, 6) is -0.0772. The zero-order valence-corrected chi connectivity index (χ0v) is 24.6. The number of hydrogen-bond donors (Lipinski definition) is 2. The number of esters is 1. The molecule has 2 aromatic heterocycles. The zero-order valence-electron chi connectivity index (χ0n) is 22.9. The van der Waals surface area contributed by atoms with Gasteiger partial charge in [0.2, 0.25) is 0 Å². The number of carbonyl (C=O) groups is 1. The molecule has 3 N–H and O–H groups in total. The zero-order chi connectivity index (χ0) is 28.1. The Morgan fingerprint density at radius 3 is 2.68 bits per heavy atom. The number of nitrogens with zero attached hydrogens (tertiary/aromatic N) is 4. The summed E-state index contributed by atoms with van der Waals surface area (Å²) in [6, 6.07) is 5.33. The predicted molar refractivity (Wildman–Crippen MR) is 150 cm³/mol. The van der Waals surface area contributed by atoms with Crippen LogP contribution in [0.3, 0.4) is 0 Å². The van der Waals surface area contributed by atoms with Crippen molar-refractivity contribution in [1.29, 1.82) is 0 Å². The highest BCUT2D eigenvalue weighted by molar-refractivity contribution is 7.61. The Balaban J connectivity index is 1.79. The maximum atomic E-state index is 14.4. The number of ether oxygens (including phenoxy) is 2. The summed E-state index contributed by atoms with van der Waals surface area (Å²) >= 11 is 6.14. The lowest BCUT2D eigenvalue weighted by molar-refractivity contribution is -0.152. The van der Waals surface area contributed by atoms with Gasteiger partial charge in [-0.05, 0) is 64.3 Å². The van der Waals surface area contributed by atoms with Gasteiger partial charge in [-0.2, -0.15) is 0 Å². The van der Waals surface area contributed by atoms with Crippen molar-refractivity contribution in [3.8, 4) is 0 Å². The van der Waals surface area contributed by atoms with E-state index in [0.29, 0.717) is 41.6 Å². The van der Waals surface area contributed by atoms with Crippen molar-refractivity contribution in [3.05, 3.63) is 47.0 Å². The summed E-state index contributed by atoms with van der Waals surface area (Å²) in [4.78, 5) is 25.3. The molecule has 10 nitrogen and oxygen atoms in total. The lowest BCUT2D eigenvalue weighted by atomic mass is 9.97. The molecule has 0 amide bonds. The van der Waals surface area contributed by atoms with E-state index in [1.807, 2.05) is 50.5 Å². The molecule has 0 aliphatic heterocycles. The fourth-order valence-corrected chi connectivity index (χ4v) is 7.61. The van der Waals surface area contributed by atoms with E-state index in [0.717, 1.165) is 11.1 Å². The third-order valence-electron chi connectivity index (χ3n) is 6.22. The average molecular weight is 565 g/mol. The Morgan fingerprint density at radius 2 is 2.00 bits per heavy atom. The van der Waals surface area contributed by atoms with E-state index in [9.17, 15) is 9.36 Å². The van der Waals surface area contributed by atoms with E-state index < -0.39 is 12.7 Å². The molecule has 2 heterocycles. The van der Waals surface area contributed by atoms with Gasteiger partial charge in [0.25, 0.3) is 0 Å². The highest BCUT2D eigenvalue weighted by Crippen LogP contribution is 2.49. The van der Waals surface area contributed by atoms with Gasteiger partial charge in [0.15, 0.2) is 18.8 Å². The molecular weight excluding hydrogens is 527 g/mol. The summed E-state index contributed by atoms with van der Waals surface area (Å²) in [7, 11) is -3.26. The van der Waals surface area contributed by atoms with E-state index in [1.165, 1.54) is 6.33 Å². The number of aryl methyl sites for hydroxylation is 1. The molecule has 0 fully saturated rings. The summed E-state index contributed by atoms with van der Waals surface area (Å²) in [6.45, 7) is 12.0. The largest absolute Gasteiger partial charge is 0.465 e. The predicted octanol–water partition coefficient (Wildman–Crippen LogP) is 5.34. The van der Waals surface area contributed by atoms with E-state index in [-0.39, 0.29) is 30.6 Å². The Labute approximate surface area is 229 Å². The highest BCUT2D eigenvalue weighted by Gasteiger charge is 2.39. The normalized spacial score (nSPS) is 15.2. The SMILES string of the molecule is CCCOC(=O)C(C)(C)CP(=O)(CO[C@H](C)Cn1cnc2c(N)ncnc21)N[C@@H](C)c1ccc(Cl)cc1C. The van der Waals surface area contributed by atoms with Gasteiger partial charge in [-0.15, -0.1) is 0 Å². The number of imidazole rings is 1. The number of fused-ring (bicyclic) bond motifs is 1. The maximum absolute atomic E-state index is 14.4. The standard InChI is InChI=1S/C26H38ClN6O4P/c1-7-10-36-25(34)26(5,6)13-38(35,32-19(4)21-9-8-20(27)11-17(21)2)16-37-18(3)12-33-15-31-22-23(28)29-14-30-24(22)33/h8-9,11,14-15,18-19H,7,10,12-13,16H2,1-6H3,(H,32,35)(H2,28,29,30)/t18-,19+,38?/m1/s1. The molecular formula is C26H38ClN6O4P. The van der Waals surface area contributed by atoms with E-state index in [4.69, 9.17) is 26.8 Å². The summed E-state index contributed by atoms with van der Waals surface area (Å²) in [6.07, 6.45) is 3.40. The van der Waals surface area contributed by atoms with Crippen LogP contribution in [0.25, 0.3) is 11.2 Å². The van der Waals surface area contributed by atoms with Crippen LogP contribution in [0.5, 0.6) is 0 Å². The minimum Gasteiger partial charge on any atom is -0.465 e. The molecule has 3 atom stereocenters. The number of aromatic nitrogens is 4. The van der Waals surface area contributed by atoms with E-state index in [2.05, 4.69) is 20.0 Å². The van der Waals surface area contributed by atoms with Crippen molar-refractivity contribution in [2.24, 2.45) is 5.41 Å². The second kappa shape index (κ2) is 12.6. The third-order valence-corrected chi connectivity index (χ3v) is 9.18. The molecule has 0 saturated carbocycles. The molecule has 1 unspecified atom stereocenters. The summed E-state index contributed by atoms with van der Waals surface area (Å²) in [5.41, 5.74) is 7.98. The van der Waals surface area contributed by atoms with Crippen LogP contribution in [0, 0.1) is 12.3 Å². The Morgan fingerprint density at radius 1 is 1.26 bits per heavy atom. The molecule has 12 heteroatoms. The average Bonchev–Trinajstić information content (AvgIpc) is 3.24. The van der Waals surface area contributed by atoms with Gasteiger partial charge < -0.3 is 24.3 Å². The molecule has 3 rings (SSSR count). The first kappa shape index (κ1) is 30.0. The number of nitrogens with one attached hydrogen (secondary N) is 1. The van der Waals surface area contributed by atoms with E-state index in [1.54, 1.807) is 20.2 Å². The number of halogens is 1. The Kier molecular flexibility index (Phi) is 9.92. The fourth-order valence-electron chi connectivity index (χ4n) is 4.38. The molecule has 0 bridgehead atoms. The number of nitrogen functional groups attached to an aromatic ring is 1. The lowest BCUT2D eigenvalue weighted by Gasteiger charge is -2.32. The van der Waals surface area contributed by atoms with Crippen LogP contribution in [0.2, 0.25) is 5.02 Å². The van der Waals surface area contributed by atoms with Crippen LogP contribution in [-0.4, -0.2) is 50.7 Å². The topological polar surface area (TPSA) is 134 Å². The lowest BCUT2D eigenvalue weighted by Crippen LogP contribution is -2.35. The van der Waals surface area contributed by atoms with Crippen molar-refractivity contribution in [2.45, 2.75) is 66.7 Å². The molecule has 0 spiro atoms. The van der Waals surface area contributed by atoms with Crippen LogP contribution in [0.15, 0.2) is 30.9 Å². The van der Waals surface area contributed by atoms with Gasteiger partial charge >= 0.3 is 5.97 Å². The van der Waals surface area contributed by atoms with Crippen molar-refractivity contribution < 1.29 is 18.8 Å². The molecule has 3 aromatic rings. The molecule has 0 aliphatic rings. The first-order valence-electron chi connectivity index (χ1n) is 12.7. The van der Waals surface area contributed by atoms with Gasteiger partial charge in [0, 0.05) is 17.2 Å². The van der Waals surface area contributed by atoms with Crippen LogP contribution in [-0.2, 0) is 25.4 Å². The Bertz CT molecular complexity index is 1310. The second-order valence-corrected chi connectivity index (χ2v) is 13.4. The minimum absolute atomic E-state index is 0.0701.